The Kier molecular flexibility index (Phi) is 11.7. The smallest absolute Gasteiger partial charge is 0.0540 e. The standard InChI is InChI=1S/C64H52N2/c1-45-39-57(65(55-33-21-31-53(43-55)49-23-9-5-10-24-49)61-37-19-17-35-59(61)51-27-13-7-14-28-51)40-46(2)63(45)64-47(3)41-58(42-48(64)4)66(56-34-22-32-54(44-56)50-25-11-6-12-26-50)62-38-20-18-36-60(62)52-29-15-8-16-30-52/h5-44H,1-4H3. The fourth-order valence-corrected chi connectivity index (χ4v) is 9.75. The van der Waals surface area contributed by atoms with E-state index in [0.717, 1.165) is 34.1 Å². The highest BCUT2D eigenvalue weighted by Crippen LogP contribution is 2.47. The lowest BCUT2D eigenvalue weighted by molar-refractivity contribution is 1.23. The summed E-state index contributed by atoms with van der Waals surface area (Å²) < 4.78 is 0. The molecule has 0 radical (unpaired) electrons. The summed E-state index contributed by atoms with van der Waals surface area (Å²) in [5.41, 5.74) is 23.6. The van der Waals surface area contributed by atoms with Gasteiger partial charge in [0.2, 0.25) is 0 Å². The molecule has 0 saturated carbocycles. The Morgan fingerprint density at radius 2 is 0.515 bits per heavy atom. The Balaban J connectivity index is 1.11. The van der Waals surface area contributed by atoms with E-state index in [0.29, 0.717) is 0 Å². The number of aryl methyl sites for hydroxylation is 4. The monoisotopic (exact) mass is 848 g/mol. The van der Waals surface area contributed by atoms with Gasteiger partial charge in [0, 0.05) is 33.9 Å². The van der Waals surface area contributed by atoms with E-state index in [1.54, 1.807) is 0 Å². The van der Waals surface area contributed by atoms with Crippen molar-refractivity contribution in [2.24, 2.45) is 0 Å². The van der Waals surface area contributed by atoms with Crippen molar-refractivity contribution in [3.05, 3.63) is 265 Å². The molecule has 2 heteroatoms. The van der Waals surface area contributed by atoms with Crippen molar-refractivity contribution in [1.29, 1.82) is 0 Å². The Morgan fingerprint density at radius 1 is 0.227 bits per heavy atom. The first-order chi connectivity index (χ1) is 32.4. The minimum Gasteiger partial charge on any atom is -0.310 e. The molecule has 0 fully saturated rings. The van der Waals surface area contributed by atoms with Gasteiger partial charge < -0.3 is 9.80 Å². The van der Waals surface area contributed by atoms with Gasteiger partial charge in [0.1, 0.15) is 0 Å². The molecule has 0 spiro atoms. The summed E-state index contributed by atoms with van der Waals surface area (Å²) in [6.07, 6.45) is 0. The van der Waals surface area contributed by atoms with Gasteiger partial charge in [-0.05, 0) is 155 Å². The second kappa shape index (κ2) is 18.5. The summed E-state index contributed by atoms with van der Waals surface area (Å²) in [5, 5.41) is 0. The molecule has 0 aliphatic heterocycles. The zero-order valence-corrected chi connectivity index (χ0v) is 38.0. The van der Waals surface area contributed by atoms with E-state index >= 15 is 0 Å². The van der Waals surface area contributed by atoms with Gasteiger partial charge >= 0.3 is 0 Å². The third-order valence-corrected chi connectivity index (χ3v) is 12.7. The van der Waals surface area contributed by atoms with E-state index in [9.17, 15) is 0 Å². The van der Waals surface area contributed by atoms with Crippen molar-refractivity contribution in [1.82, 2.24) is 0 Å². The van der Waals surface area contributed by atoms with E-state index < -0.39 is 0 Å². The number of hydrogen-bond donors (Lipinski definition) is 0. The van der Waals surface area contributed by atoms with Crippen LogP contribution in [0.4, 0.5) is 34.1 Å². The van der Waals surface area contributed by atoms with Crippen LogP contribution in [0.25, 0.3) is 55.6 Å². The highest BCUT2D eigenvalue weighted by molar-refractivity contribution is 5.93. The third kappa shape index (κ3) is 8.33. The summed E-state index contributed by atoms with van der Waals surface area (Å²) in [4.78, 5) is 4.87. The molecule has 0 aliphatic rings. The molecule has 10 rings (SSSR count). The maximum Gasteiger partial charge on any atom is 0.0540 e. The number of nitrogens with zero attached hydrogens (tertiary/aromatic N) is 2. The number of rotatable bonds is 11. The maximum atomic E-state index is 2.44. The zero-order valence-electron chi connectivity index (χ0n) is 38.0. The molecule has 0 N–H and O–H groups in total. The first kappa shape index (κ1) is 41.8. The molecule has 318 valence electrons. The molecule has 10 aromatic carbocycles. The molecular weight excluding hydrogens is 797 g/mol. The topological polar surface area (TPSA) is 6.48 Å². The zero-order chi connectivity index (χ0) is 45.0. The van der Waals surface area contributed by atoms with Crippen LogP contribution < -0.4 is 9.80 Å². The molecule has 0 unspecified atom stereocenters. The van der Waals surface area contributed by atoms with E-state index in [-0.39, 0.29) is 0 Å². The van der Waals surface area contributed by atoms with E-state index in [1.807, 2.05) is 0 Å². The molecule has 2 nitrogen and oxygen atoms in total. The Morgan fingerprint density at radius 3 is 0.864 bits per heavy atom. The van der Waals surface area contributed by atoms with Crippen LogP contribution in [0.3, 0.4) is 0 Å². The predicted molar refractivity (Wildman–Crippen MR) is 282 cm³/mol. The highest BCUT2D eigenvalue weighted by Gasteiger charge is 2.23. The van der Waals surface area contributed by atoms with Crippen LogP contribution in [0.5, 0.6) is 0 Å². The van der Waals surface area contributed by atoms with Gasteiger partial charge in [0.15, 0.2) is 0 Å². The Bertz CT molecular complexity index is 3010. The minimum atomic E-state index is 1.11. The van der Waals surface area contributed by atoms with Crippen LogP contribution in [-0.4, -0.2) is 0 Å². The molecule has 0 aliphatic carbocycles. The summed E-state index contributed by atoms with van der Waals surface area (Å²) in [6.45, 7) is 9.10. The van der Waals surface area contributed by atoms with Gasteiger partial charge in [-0.15, -0.1) is 0 Å². The number of benzene rings is 10. The van der Waals surface area contributed by atoms with Crippen molar-refractivity contribution in [3.8, 4) is 55.6 Å². The van der Waals surface area contributed by atoms with Crippen LogP contribution in [0.2, 0.25) is 0 Å². The molecule has 10 aromatic rings. The molecule has 0 saturated heterocycles. The van der Waals surface area contributed by atoms with E-state index in [4.69, 9.17) is 0 Å². The number of para-hydroxylation sites is 2. The lowest BCUT2D eigenvalue weighted by Crippen LogP contribution is -2.13. The lowest BCUT2D eigenvalue weighted by Gasteiger charge is -2.31. The average molecular weight is 849 g/mol. The molecule has 0 aromatic heterocycles. The number of hydrogen-bond acceptors (Lipinski definition) is 2. The first-order valence-corrected chi connectivity index (χ1v) is 22.8. The quantitative estimate of drug-likeness (QED) is 0.128. The van der Waals surface area contributed by atoms with Gasteiger partial charge in [0.25, 0.3) is 0 Å². The van der Waals surface area contributed by atoms with Crippen molar-refractivity contribution in [2.45, 2.75) is 27.7 Å². The van der Waals surface area contributed by atoms with Crippen LogP contribution in [0.15, 0.2) is 243 Å². The van der Waals surface area contributed by atoms with Crippen molar-refractivity contribution >= 4 is 34.1 Å². The summed E-state index contributed by atoms with van der Waals surface area (Å²) in [5.74, 6) is 0. The third-order valence-electron chi connectivity index (χ3n) is 12.7. The molecule has 0 amide bonds. The SMILES string of the molecule is Cc1cc(N(c2cccc(-c3ccccc3)c2)c2ccccc2-c2ccccc2)cc(C)c1-c1c(C)cc(N(c2cccc(-c3ccccc3)c2)c2ccccc2-c2ccccc2)cc1C. The van der Waals surface area contributed by atoms with Gasteiger partial charge in [-0.2, -0.15) is 0 Å². The molecular formula is C64H52N2. The van der Waals surface area contributed by atoms with Gasteiger partial charge in [-0.25, -0.2) is 0 Å². The second-order valence-electron chi connectivity index (χ2n) is 17.2. The lowest BCUT2D eigenvalue weighted by atomic mass is 9.88. The molecule has 0 bridgehead atoms. The Labute approximate surface area is 390 Å². The fraction of sp³-hybridized carbons (Fsp3) is 0.0625. The predicted octanol–water partition coefficient (Wildman–Crippen LogP) is 18.2. The van der Waals surface area contributed by atoms with Gasteiger partial charge in [-0.3, -0.25) is 0 Å². The Hall–Kier alpha value is -8.20. The molecule has 0 heterocycles. The highest BCUT2D eigenvalue weighted by atomic mass is 15.2. The second-order valence-corrected chi connectivity index (χ2v) is 17.2. The van der Waals surface area contributed by atoms with Gasteiger partial charge in [-0.1, -0.05) is 182 Å². The fourth-order valence-electron chi connectivity index (χ4n) is 9.75. The summed E-state index contributed by atoms with van der Waals surface area (Å²) >= 11 is 0. The van der Waals surface area contributed by atoms with Crippen molar-refractivity contribution in [3.63, 3.8) is 0 Å². The van der Waals surface area contributed by atoms with Crippen molar-refractivity contribution < 1.29 is 0 Å². The van der Waals surface area contributed by atoms with Crippen LogP contribution in [-0.2, 0) is 0 Å². The normalized spacial score (nSPS) is 11.0. The average Bonchev–Trinajstić information content (AvgIpc) is 3.36. The van der Waals surface area contributed by atoms with Crippen LogP contribution in [0, 0.1) is 27.7 Å². The molecule has 0 atom stereocenters. The van der Waals surface area contributed by atoms with Crippen LogP contribution in [0.1, 0.15) is 22.3 Å². The maximum absolute atomic E-state index is 2.44. The van der Waals surface area contributed by atoms with Crippen LogP contribution >= 0.6 is 0 Å². The van der Waals surface area contributed by atoms with E-state index in [2.05, 4.69) is 280 Å². The van der Waals surface area contributed by atoms with Crippen molar-refractivity contribution in [2.75, 3.05) is 9.80 Å². The van der Waals surface area contributed by atoms with E-state index in [1.165, 1.54) is 77.9 Å². The first-order valence-electron chi connectivity index (χ1n) is 22.8. The summed E-state index contributed by atoms with van der Waals surface area (Å²) in [7, 11) is 0. The summed E-state index contributed by atoms with van der Waals surface area (Å²) in [6, 6.07) is 87.7. The largest absolute Gasteiger partial charge is 0.310 e. The molecule has 66 heavy (non-hydrogen) atoms. The van der Waals surface area contributed by atoms with Gasteiger partial charge in [0.05, 0.1) is 11.4 Å². The number of anilines is 6. The minimum absolute atomic E-state index is 1.11.